The predicted octanol–water partition coefficient (Wildman–Crippen LogP) is -0.291. The molecule has 40 heavy (non-hydrogen) atoms. The molecule has 0 bridgehead atoms. The predicted molar refractivity (Wildman–Crippen MR) is 127 cm³/mol. The van der Waals surface area contributed by atoms with Gasteiger partial charge in [-0.15, -0.1) is 0 Å². The zero-order valence-corrected chi connectivity index (χ0v) is 22.8. The Morgan fingerprint density at radius 1 is 0.375 bits per heavy atom. The molecule has 0 aromatic rings. The smallest absolute Gasteiger partial charge is 0.306 e. The van der Waals surface area contributed by atoms with Crippen LogP contribution in [-0.2, 0) is 76.3 Å². The van der Waals surface area contributed by atoms with Crippen molar-refractivity contribution >= 4 is 47.8 Å². The Morgan fingerprint density at radius 2 is 0.600 bits per heavy atom. The second-order valence-electron chi connectivity index (χ2n) is 7.73. The fraction of sp³-hybridized carbons (Fsp3) is 0.667. The van der Waals surface area contributed by atoms with Crippen LogP contribution in [0.4, 0.5) is 0 Å². The molecule has 0 fully saturated rings. The van der Waals surface area contributed by atoms with Crippen LogP contribution in [0.2, 0.25) is 0 Å². The van der Waals surface area contributed by atoms with E-state index < -0.39 is 86.0 Å². The molecule has 0 N–H and O–H groups in total. The van der Waals surface area contributed by atoms with Crippen LogP contribution in [-0.4, -0.2) is 102 Å². The highest BCUT2D eigenvalue weighted by Crippen LogP contribution is 2.13. The molecule has 16 heteroatoms. The number of rotatable bonds is 19. The maximum absolute atomic E-state index is 12.4. The Bertz CT molecular complexity index is 823. The first kappa shape index (κ1) is 35.8. The van der Waals surface area contributed by atoms with Gasteiger partial charge in [0.2, 0.25) is 0 Å². The van der Waals surface area contributed by atoms with Gasteiger partial charge in [0.25, 0.3) is 0 Å². The number of carbonyl (C=O) groups excluding carboxylic acids is 8. The molecule has 0 aromatic heterocycles. The molecule has 0 saturated heterocycles. The van der Waals surface area contributed by atoms with E-state index >= 15 is 0 Å². The molecule has 0 rings (SSSR count). The van der Waals surface area contributed by atoms with E-state index in [1.807, 2.05) is 0 Å². The fourth-order valence-electron chi connectivity index (χ4n) is 2.61. The van der Waals surface area contributed by atoms with Gasteiger partial charge in [-0.05, 0) is 0 Å². The first-order valence-electron chi connectivity index (χ1n) is 11.9. The van der Waals surface area contributed by atoms with Crippen molar-refractivity contribution in [3.05, 3.63) is 0 Å². The van der Waals surface area contributed by atoms with Crippen LogP contribution in [0.15, 0.2) is 0 Å². The molecule has 2 unspecified atom stereocenters. The van der Waals surface area contributed by atoms with E-state index in [0.717, 1.165) is 28.4 Å². The molecule has 0 saturated carbocycles. The third-order valence-electron chi connectivity index (χ3n) is 4.84. The van der Waals surface area contributed by atoms with Crippen molar-refractivity contribution in [1.82, 2.24) is 0 Å². The van der Waals surface area contributed by atoms with Gasteiger partial charge in [-0.25, -0.2) is 0 Å². The summed E-state index contributed by atoms with van der Waals surface area (Å²) in [7, 11) is 4.48. The van der Waals surface area contributed by atoms with Crippen molar-refractivity contribution in [2.75, 3.05) is 41.7 Å². The van der Waals surface area contributed by atoms with Gasteiger partial charge < -0.3 is 37.9 Å². The van der Waals surface area contributed by atoms with Gasteiger partial charge in [0.05, 0.1) is 79.8 Å². The van der Waals surface area contributed by atoms with Crippen molar-refractivity contribution in [3.8, 4) is 0 Å². The van der Waals surface area contributed by atoms with Crippen LogP contribution >= 0.6 is 0 Å². The zero-order valence-electron chi connectivity index (χ0n) is 22.8. The molecule has 0 aromatic carbocycles. The van der Waals surface area contributed by atoms with Gasteiger partial charge in [0.1, 0.15) is 13.2 Å². The quantitative estimate of drug-likeness (QED) is 0.142. The van der Waals surface area contributed by atoms with E-state index in [-0.39, 0.29) is 38.5 Å². The van der Waals surface area contributed by atoms with Crippen LogP contribution in [0.5, 0.6) is 0 Å². The van der Waals surface area contributed by atoms with Crippen molar-refractivity contribution < 1.29 is 76.3 Å². The third kappa shape index (κ3) is 17.3. The van der Waals surface area contributed by atoms with Gasteiger partial charge in [-0.3, -0.25) is 38.4 Å². The maximum Gasteiger partial charge on any atom is 0.306 e. The van der Waals surface area contributed by atoms with E-state index in [2.05, 4.69) is 18.9 Å². The standard InChI is InChI=1S/C24H34O16/c1-33-17(25)5-9-21(29)37-13-15(39-23(31)11-7-19(27)35-3)16(40-24(32)12-8-20(28)36-4)14-38-22(30)10-6-18(26)34-2/h15-16H,5-14H2,1-4H3. The van der Waals surface area contributed by atoms with Crippen molar-refractivity contribution in [2.45, 2.75) is 63.6 Å². The Labute approximate surface area is 229 Å². The molecule has 0 heterocycles. The first-order chi connectivity index (χ1) is 18.9. The average Bonchev–Trinajstić information content (AvgIpc) is 2.95. The monoisotopic (exact) mass is 578 g/mol. The van der Waals surface area contributed by atoms with Crippen LogP contribution in [0.3, 0.4) is 0 Å². The minimum Gasteiger partial charge on any atom is -0.469 e. The number of hydrogen-bond donors (Lipinski definition) is 0. The van der Waals surface area contributed by atoms with Gasteiger partial charge in [0.15, 0.2) is 12.2 Å². The summed E-state index contributed by atoms with van der Waals surface area (Å²) in [5.41, 5.74) is 0. The van der Waals surface area contributed by atoms with Crippen LogP contribution in [0, 0.1) is 0 Å². The highest BCUT2D eigenvalue weighted by molar-refractivity contribution is 5.79. The summed E-state index contributed by atoms with van der Waals surface area (Å²) in [4.78, 5) is 94.2. The minimum absolute atomic E-state index is 0.303. The highest BCUT2D eigenvalue weighted by atomic mass is 16.6. The van der Waals surface area contributed by atoms with Crippen molar-refractivity contribution in [2.24, 2.45) is 0 Å². The number of esters is 8. The Morgan fingerprint density at radius 3 is 0.850 bits per heavy atom. The molecular formula is C24H34O16. The fourth-order valence-corrected chi connectivity index (χ4v) is 2.61. The first-order valence-corrected chi connectivity index (χ1v) is 11.9. The highest BCUT2D eigenvalue weighted by Gasteiger charge is 2.32. The summed E-state index contributed by atoms with van der Waals surface area (Å²) < 4.78 is 38.4. The molecule has 0 amide bonds. The normalized spacial score (nSPS) is 11.6. The van der Waals surface area contributed by atoms with Gasteiger partial charge in [-0.1, -0.05) is 0 Å². The lowest BCUT2D eigenvalue weighted by atomic mass is 10.2. The Kier molecular flexibility index (Phi) is 18.5. The van der Waals surface area contributed by atoms with Crippen LogP contribution < -0.4 is 0 Å². The number of carbonyl (C=O) groups is 8. The molecular weight excluding hydrogens is 544 g/mol. The topological polar surface area (TPSA) is 210 Å². The summed E-state index contributed by atoms with van der Waals surface area (Å²) >= 11 is 0. The van der Waals surface area contributed by atoms with E-state index in [9.17, 15) is 38.4 Å². The van der Waals surface area contributed by atoms with Gasteiger partial charge in [0, 0.05) is 0 Å². The molecule has 16 nitrogen and oxygen atoms in total. The number of methoxy groups -OCH3 is 4. The second-order valence-corrected chi connectivity index (χ2v) is 7.73. The second kappa shape index (κ2) is 20.7. The Balaban J connectivity index is 5.67. The van der Waals surface area contributed by atoms with Crippen molar-refractivity contribution in [1.29, 1.82) is 0 Å². The number of ether oxygens (including phenoxy) is 8. The minimum atomic E-state index is -1.55. The zero-order chi connectivity index (χ0) is 30.5. The van der Waals surface area contributed by atoms with E-state index in [0.29, 0.717) is 0 Å². The van der Waals surface area contributed by atoms with Crippen molar-refractivity contribution in [3.63, 3.8) is 0 Å². The SMILES string of the molecule is COC(=O)CCC(=O)OCC(OC(=O)CCC(=O)OC)C(COC(=O)CCC(=O)OC)OC(=O)CCC(=O)OC. The van der Waals surface area contributed by atoms with E-state index in [1.54, 1.807) is 0 Å². The molecule has 0 spiro atoms. The lowest BCUT2D eigenvalue weighted by Crippen LogP contribution is -2.42. The summed E-state index contributed by atoms with van der Waals surface area (Å²) in [6.07, 6.45) is -6.11. The molecule has 0 aliphatic carbocycles. The van der Waals surface area contributed by atoms with Gasteiger partial charge >= 0.3 is 47.8 Å². The molecule has 0 radical (unpaired) electrons. The summed E-state index contributed by atoms with van der Waals surface area (Å²) in [6.45, 7) is -1.42. The summed E-state index contributed by atoms with van der Waals surface area (Å²) in [5, 5.41) is 0. The molecule has 0 aliphatic heterocycles. The molecule has 2 atom stereocenters. The van der Waals surface area contributed by atoms with E-state index in [4.69, 9.17) is 18.9 Å². The lowest BCUT2D eigenvalue weighted by molar-refractivity contribution is -0.183. The Hall–Kier alpha value is -4.24. The largest absolute Gasteiger partial charge is 0.469 e. The molecule has 226 valence electrons. The molecule has 0 aliphatic rings. The summed E-state index contributed by atoms with van der Waals surface area (Å²) in [6, 6.07) is 0. The van der Waals surface area contributed by atoms with E-state index in [1.165, 1.54) is 0 Å². The third-order valence-corrected chi connectivity index (χ3v) is 4.84. The van der Waals surface area contributed by atoms with Crippen LogP contribution in [0.1, 0.15) is 51.4 Å². The average molecular weight is 579 g/mol. The van der Waals surface area contributed by atoms with Gasteiger partial charge in [-0.2, -0.15) is 0 Å². The maximum atomic E-state index is 12.4. The number of hydrogen-bond acceptors (Lipinski definition) is 16. The summed E-state index contributed by atoms with van der Waals surface area (Å²) in [5.74, 6) is -6.54. The lowest BCUT2D eigenvalue weighted by Gasteiger charge is -2.26. The van der Waals surface area contributed by atoms with Crippen LogP contribution in [0.25, 0.3) is 0 Å².